The van der Waals surface area contributed by atoms with Crippen LogP contribution in [0.15, 0.2) is 0 Å². The zero-order chi connectivity index (χ0) is 8.08. The molecule has 0 nitrogen and oxygen atoms in total. The van der Waals surface area contributed by atoms with E-state index in [0.29, 0.717) is 7.92 Å². The molecule has 4 unspecified atom stereocenters. The van der Waals surface area contributed by atoms with Gasteiger partial charge in [0, 0.05) is 15.5 Å². The number of hydrogen-bond acceptors (Lipinski definition) is 0. The molecule has 5 fully saturated rings. The normalized spacial score (nSPS) is 98.5. The maximum atomic E-state index is 2.55. The molecule has 1 heteroatoms. The SMILES string of the molecule is CC12P3C1(C)C1(C)C3(C)C21C. The van der Waals surface area contributed by atoms with Gasteiger partial charge in [0.2, 0.25) is 0 Å². The van der Waals surface area contributed by atoms with E-state index in [1.54, 1.807) is 0 Å². The summed E-state index contributed by atoms with van der Waals surface area (Å²) in [5, 5.41) is 2.54. The van der Waals surface area contributed by atoms with E-state index in [1.165, 1.54) is 0 Å². The van der Waals surface area contributed by atoms with Crippen molar-refractivity contribution in [3.8, 4) is 0 Å². The second-order valence-electron chi connectivity index (χ2n) is 5.80. The third-order valence-corrected chi connectivity index (χ3v) is 12.2. The van der Waals surface area contributed by atoms with Crippen LogP contribution in [-0.4, -0.2) is 15.5 Å². The summed E-state index contributed by atoms with van der Waals surface area (Å²) in [7, 11) is 0.479. The van der Waals surface area contributed by atoms with Crippen molar-refractivity contribution in [2.24, 2.45) is 10.8 Å². The van der Waals surface area contributed by atoms with Crippen LogP contribution >= 0.6 is 7.92 Å². The second-order valence-corrected chi connectivity index (χ2v) is 9.16. The Bertz CT molecular complexity index is 286. The van der Waals surface area contributed by atoms with E-state index in [0.717, 1.165) is 26.3 Å². The summed E-state index contributed by atoms with van der Waals surface area (Å²) in [6.07, 6.45) is 0. The standard InChI is InChI=1S/C10H15P/c1-6-7(2)8(6,3)11-9(6,4)10(7,11)5/h1-5H3. The van der Waals surface area contributed by atoms with E-state index in [4.69, 9.17) is 0 Å². The third-order valence-electron chi connectivity index (χ3n) is 7.07. The Kier molecular flexibility index (Phi) is 0.451. The van der Waals surface area contributed by atoms with Crippen LogP contribution in [0.5, 0.6) is 0 Å². The minimum absolute atomic E-state index is 0.479. The average Bonchev–Trinajstić information content (AvgIpc) is 2.49. The highest BCUT2D eigenvalue weighted by Gasteiger charge is 3.25. The van der Waals surface area contributed by atoms with Gasteiger partial charge < -0.3 is 0 Å². The van der Waals surface area contributed by atoms with Crippen molar-refractivity contribution in [1.29, 1.82) is 0 Å². The summed E-state index contributed by atoms with van der Waals surface area (Å²) in [6.45, 7) is 12.7. The molecule has 5 rings (SSSR count). The molecule has 11 heavy (non-hydrogen) atoms. The Morgan fingerprint density at radius 1 is 0.636 bits per heavy atom. The first-order valence-electron chi connectivity index (χ1n) is 4.67. The zero-order valence-electron chi connectivity index (χ0n) is 7.95. The predicted molar refractivity (Wildman–Crippen MR) is 48.3 cm³/mol. The van der Waals surface area contributed by atoms with E-state index >= 15 is 0 Å². The minimum atomic E-state index is 0.479. The van der Waals surface area contributed by atoms with Crippen LogP contribution < -0.4 is 0 Å². The lowest BCUT2D eigenvalue weighted by molar-refractivity contribution is 0.148. The van der Waals surface area contributed by atoms with Gasteiger partial charge in [-0.15, -0.1) is 0 Å². The third kappa shape index (κ3) is 0.158. The molecule has 0 aromatic heterocycles. The van der Waals surface area contributed by atoms with E-state index in [-0.39, 0.29) is 0 Å². The summed E-state index contributed by atoms with van der Waals surface area (Å²) in [5.41, 5.74) is 1.57. The Balaban J connectivity index is 2.06. The van der Waals surface area contributed by atoms with Gasteiger partial charge in [-0.25, -0.2) is 0 Å². The van der Waals surface area contributed by atoms with Crippen molar-refractivity contribution in [1.82, 2.24) is 0 Å². The van der Waals surface area contributed by atoms with Crippen LogP contribution in [0, 0.1) is 10.8 Å². The maximum absolute atomic E-state index is 2.55. The molecule has 5 aliphatic rings. The fourth-order valence-corrected chi connectivity index (χ4v) is 13.0. The van der Waals surface area contributed by atoms with Gasteiger partial charge in [-0.2, -0.15) is 0 Å². The van der Waals surface area contributed by atoms with Gasteiger partial charge in [-0.05, 0) is 10.8 Å². The zero-order valence-corrected chi connectivity index (χ0v) is 8.84. The molecule has 3 saturated heterocycles. The summed E-state index contributed by atoms with van der Waals surface area (Å²) in [4.78, 5) is 0. The largest absolute Gasteiger partial charge is 0.0841 e. The molecule has 0 aromatic carbocycles. The lowest BCUT2D eigenvalue weighted by Gasteiger charge is -2.42. The van der Waals surface area contributed by atoms with Gasteiger partial charge in [0.05, 0.1) is 0 Å². The van der Waals surface area contributed by atoms with E-state index < -0.39 is 0 Å². The topological polar surface area (TPSA) is 0 Å². The van der Waals surface area contributed by atoms with E-state index in [1.807, 2.05) is 0 Å². The summed E-state index contributed by atoms with van der Waals surface area (Å²) >= 11 is 0. The molecule has 0 radical (unpaired) electrons. The van der Waals surface area contributed by atoms with E-state index in [2.05, 4.69) is 34.6 Å². The van der Waals surface area contributed by atoms with Crippen molar-refractivity contribution < 1.29 is 0 Å². The highest BCUT2D eigenvalue weighted by molar-refractivity contribution is 7.77. The van der Waals surface area contributed by atoms with Gasteiger partial charge in [0.25, 0.3) is 0 Å². The molecule has 0 bridgehead atoms. The van der Waals surface area contributed by atoms with Crippen LogP contribution in [0.1, 0.15) is 34.6 Å². The summed E-state index contributed by atoms with van der Waals surface area (Å²) in [5.74, 6) is 0. The van der Waals surface area contributed by atoms with Crippen molar-refractivity contribution in [2.45, 2.75) is 50.1 Å². The molecule has 4 atom stereocenters. The molecular formula is C10H15P. The minimum Gasteiger partial charge on any atom is -0.0841 e. The highest BCUT2D eigenvalue weighted by atomic mass is 31.1. The average molecular weight is 166 g/mol. The molecule has 0 amide bonds. The molecule has 60 valence electrons. The maximum Gasteiger partial charge on any atom is 0.00555 e. The first-order chi connectivity index (χ1) is 4.87. The second kappa shape index (κ2) is 0.830. The lowest BCUT2D eigenvalue weighted by atomic mass is 9.60. The number of hydrogen-bond donors (Lipinski definition) is 0. The Hall–Kier alpha value is 0.430. The van der Waals surface area contributed by atoms with Gasteiger partial charge in [-0.3, -0.25) is 0 Å². The first kappa shape index (κ1) is 5.97. The molecule has 2 aliphatic carbocycles. The highest BCUT2D eigenvalue weighted by Crippen LogP contribution is 3.33. The Morgan fingerprint density at radius 2 is 1.00 bits per heavy atom. The monoisotopic (exact) mass is 166 g/mol. The number of rotatable bonds is 0. The van der Waals surface area contributed by atoms with Crippen molar-refractivity contribution in [3.05, 3.63) is 0 Å². The van der Waals surface area contributed by atoms with Gasteiger partial charge >= 0.3 is 0 Å². The molecular weight excluding hydrogens is 151 g/mol. The van der Waals surface area contributed by atoms with Crippen LogP contribution in [-0.2, 0) is 0 Å². The fourth-order valence-electron chi connectivity index (χ4n) is 6.23. The smallest absolute Gasteiger partial charge is 0.00555 e. The van der Waals surface area contributed by atoms with Crippen molar-refractivity contribution in [3.63, 3.8) is 0 Å². The molecule has 0 N–H and O–H groups in total. The predicted octanol–water partition coefficient (Wildman–Crippen LogP) is 2.81. The lowest BCUT2D eigenvalue weighted by Crippen LogP contribution is -2.49. The first-order valence-corrected chi connectivity index (χ1v) is 6.01. The van der Waals surface area contributed by atoms with Gasteiger partial charge in [0.1, 0.15) is 0 Å². The Morgan fingerprint density at radius 3 is 1.09 bits per heavy atom. The Labute approximate surface area is 69.5 Å². The van der Waals surface area contributed by atoms with Gasteiger partial charge in [0.15, 0.2) is 0 Å². The molecule has 3 heterocycles. The quantitative estimate of drug-likeness (QED) is 0.485. The molecule has 0 spiro atoms. The van der Waals surface area contributed by atoms with Crippen molar-refractivity contribution in [2.75, 3.05) is 0 Å². The molecule has 3 aliphatic heterocycles. The summed E-state index contributed by atoms with van der Waals surface area (Å²) < 4.78 is 0. The molecule has 0 aromatic rings. The fraction of sp³-hybridized carbons (Fsp3) is 1.00. The van der Waals surface area contributed by atoms with Crippen LogP contribution in [0.25, 0.3) is 0 Å². The van der Waals surface area contributed by atoms with Crippen LogP contribution in [0.3, 0.4) is 0 Å². The van der Waals surface area contributed by atoms with Crippen molar-refractivity contribution >= 4 is 7.92 Å². The van der Waals surface area contributed by atoms with E-state index in [9.17, 15) is 0 Å². The van der Waals surface area contributed by atoms with Crippen LogP contribution in [0.2, 0.25) is 0 Å². The van der Waals surface area contributed by atoms with Crippen LogP contribution in [0.4, 0.5) is 0 Å². The summed E-state index contributed by atoms with van der Waals surface area (Å²) in [6, 6.07) is 0. The molecule has 2 saturated carbocycles. The van der Waals surface area contributed by atoms with Gasteiger partial charge in [-0.1, -0.05) is 42.5 Å².